The zero-order valence-corrected chi connectivity index (χ0v) is 16.0. The molecule has 1 amide bonds. The molecule has 142 valence electrons. The Labute approximate surface area is 159 Å². The van der Waals surface area contributed by atoms with E-state index in [1.165, 1.54) is 38.8 Å². The predicted octanol–water partition coefficient (Wildman–Crippen LogP) is 3.71. The molecule has 0 heterocycles. The normalized spacial score (nSPS) is 14.0. The lowest BCUT2D eigenvalue weighted by molar-refractivity contribution is -0.125. The molecular formula is C19H25ClN2O4. The number of benzene rings is 1. The van der Waals surface area contributed by atoms with E-state index >= 15 is 0 Å². The Morgan fingerprint density at radius 3 is 2.85 bits per heavy atom. The number of hydrogen-bond donors (Lipinski definition) is 1. The van der Waals surface area contributed by atoms with Crippen LogP contribution < -0.4 is 14.8 Å². The van der Waals surface area contributed by atoms with Gasteiger partial charge in [-0.1, -0.05) is 28.4 Å². The topological polar surface area (TPSA) is 69.2 Å². The minimum Gasteiger partial charge on any atom is -0.493 e. The molecule has 0 saturated carbocycles. The number of carbonyl (C=O) groups is 1. The fraction of sp³-hybridized carbons (Fsp3) is 0.474. The van der Waals surface area contributed by atoms with Gasteiger partial charge in [0.15, 0.2) is 18.1 Å². The third kappa shape index (κ3) is 6.26. The molecule has 1 aromatic carbocycles. The second kappa shape index (κ2) is 10.7. The SMILES string of the molecule is COc1cc(/C=N/OCC(=O)NCCC2=CCCCC2)cc(Cl)c1OC. The quantitative estimate of drug-likeness (QED) is 0.403. The molecule has 0 bridgehead atoms. The van der Waals surface area contributed by atoms with Crippen LogP contribution >= 0.6 is 11.6 Å². The molecule has 0 unspecified atom stereocenters. The highest BCUT2D eigenvalue weighted by molar-refractivity contribution is 6.32. The maximum atomic E-state index is 11.7. The van der Waals surface area contributed by atoms with E-state index in [4.69, 9.17) is 25.9 Å². The van der Waals surface area contributed by atoms with Crippen molar-refractivity contribution in [2.24, 2.45) is 5.16 Å². The van der Waals surface area contributed by atoms with Gasteiger partial charge in [0, 0.05) is 12.1 Å². The van der Waals surface area contributed by atoms with Crippen molar-refractivity contribution in [1.29, 1.82) is 0 Å². The molecule has 0 saturated heterocycles. The van der Waals surface area contributed by atoms with Gasteiger partial charge in [-0.15, -0.1) is 0 Å². The van der Waals surface area contributed by atoms with E-state index in [-0.39, 0.29) is 12.5 Å². The molecule has 7 heteroatoms. The van der Waals surface area contributed by atoms with E-state index in [1.54, 1.807) is 12.1 Å². The average molecular weight is 381 g/mol. The van der Waals surface area contributed by atoms with Crippen LogP contribution in [0.2, 0.25) is 5.02 Å². The van der Waals surface area contributed by atoms with Crippen LogP contribution in [-0.4, -0.2) is 39.5 Å². The summed E-state index contributed by atoms with van der Waals surface area (Å²) in [5.74, 6) is 0.764. The first-order valence-corrected chi connectivity index (χ1v) is 9.03. The number of nitrogens with one attached hydrogen (secondary N) is 1. The smallest absolute Gasteiger partial charge is 0.260 e. The van der Waals surface area contributed by atoms with E-state index in [1.807, 2.05) is 0 Å². The number of ether oxygens (including phenoxy) is 2. The molecule has 1 aliphatic carbocycles. The second-order valence-electron chi connectivity index (χ2n) is 5.95. The van der Waals surface area contributed by atoms with Crippen molar-refractivity contribution in [3.05, 3.63) is 34.4 Å². The van der Waals surface area contributed by atoms with Gasteiger partial charge in [0.25, 0.3) is 5.91 Å². The summed E-state index contributed by atoms with van der Waals surface area (Å²) in [4.78, 5) is 16.8. The molecule has 1 aromatic rings. The van der Waals surface area contributed by atoms with Gasteiger partial charge in [-0.25, -0.2) is 0 Å². The highest BCUT2D eigenvalue weighted by atomic mass is 35.5. The predicted molar refractivity (Wildman–Crippen MR) is 102 cm³/mol. The summed E-state index contributed by atoms with van der Waals surface area (Å²) in [6, 6.07) is 3.39. The Hall–Kier alpha value is -2.21. The molecule has 2 rings (SSSR count). The standard InChI is InChI=1S/C19H25ClN2O4/c1-24-17-11-15(10-16(20)19(17)25-2)12-22-26-13-18(23)21-9-8-14-6-4-3-5-7-14/h6,10-12H,3-5,7-9,13H2,1-2H3,(H,21,23)/b22-12+. The van der Waals surface area contributed by atoms with Crippen LogP contribution in [0, 0.1) is 0 Å². The van der Waals surface area contributed by atoms with Gasteiger partial charge in [-0.05, 0) is 44.2 Å². The molecular weight excluding hydrogens is 356 g/mol. The lowest BCUT2D eigenvalue weighted by atomic mass is 9.97. The molecule has 0 aliphatic heterocycles. The number of rotatable bonds is 9. The number of amides is 1. The van der Waals surface area contributed by atoms with Gasteiger partial charge in [0.1, 0.15) is 0 Å². The zero-order valence-electron chi connectivity index (χ0n) is 15.2. The van der Waals surface area contributed by atoms with Crippen LogP contribution in [0.25, 0.3) is 0 Å². The van der Waals surface area contributed by atoms with Crippen molar-refractivity contribution < 1.29 is 19.1 Å². The summed E-state index contributed by atoms with van der Waals surface area (Å²) in [5, 5.41) is 7.04. The van der Waals surface area contributed by atoms with Crippen molar-refractivity contribution in [2.45, 2.75) is 32.1 Å². The summed E-state index contributed by atoms with van der Waals surface area (Å²) >= 11 is 6.12. The maximum absolute atomic E-state index is 11.7. The zero-order chi connectivity index (χ0) is 18.8. The Bertz CT molecular complexity index is 674. The molecule has 0 atom stereocenters. The Kier molecular flexibility index (Phi) is 8.28. The molecule has 0 aromatic heterocycles. The number of hydrogen-bond acceptors (Lipinski definition) is 5. The van der Waals surface area contributed by atoms with Crippen molar-refractivity contribution in [2.75, 3.05) is 27.4 Å². The fourth-order valence-electron chi connectivity index (χ4n) is 2.75. The largest absolute Gasteiger partial charge is 0.493 e. The van der Waals surface area contributed by atoms with Gasteiger partial charge in [0.2, 0.25) is 0 Å². The molecule has 1 aliphatic rings. The van der Waals surface area contributed by atoms with Crippen molar-refractivity contribution in [3.63, 3.8) is 0 Å². The van der Waals surface area contributed by atoms with Crippen LogP contribution in [0.1, 0.15) is 37.7 Å². The van der Waals surface area contributed by atoms with Crippen LogP contribution in [-0.2, 0) is 9.63 Å². The molecule has 0 fully saturated rings. The maximum Gasteiger partial charge on any atom is 0.260 e. The van der Waals surface area contributed by atoms with Crippen molar-refractivity contribution in [3.8, 4) is 11.5 Å². The number of halogens is 1. The van der Waals surface area contributed by atoms with Gasteiger partial charge in [-0.2, -0.15) is 0 Å². The van der Waals surface area contributed by atoms with Crippen molar-refractivity contribution in [1.82, 2.24) is 5.32 Å². The number of allylic oxidation sites excluding steroid dienone is 1. The van der Waals surface area contributed by atoms with Crippen LogP contribution in [0.15, 0.2) is 28.9 Å². The minimum absolute atomic E-state index is 0.128. The Balaban J connectivity index is 1.73. The third-order valence-electron chi connectivity index (χ3n) is 4.08. The lowest BCUT2D eigenvalue weighted by Crippen LogP contribution is -2.28. The van der Waals surface area contributed by atoms with Crippen LogP contribution in [0.3, 0.4) is 0 Å². The highest BCUT2D eigenvalue weighted by Gasteiger charge is 2.10. The minimum atomic E-state index is -0.191. The lowest BCUT2D eigenvalue weighted by Gasteiger charge is -2.12. The molecule has 0 radical (unpaired) electrons. The molecule has 6 nitrogen and oxygen atoms in total. The second-order valence-corrected chi connectivity index (χ2v) is 6.36. The molecule has 1 N–H and O–H groups in total. The first-order chi connectivity index (χ1) is 12.6. The van der Waals surface area contributed by atoms with Crippen LogP contribution in [0.5, 0.6) is 11.5 Å². The monoisotopic (exact) mass is 380 g/mol. The number of methoxy groups -OCH3 is 2. The van der Waals surface area contributed by atoms with Crippen molar-refractivity contribution >= 4 is 23.7 Å². The first kappa shape index (κ1) is 20.1. The van der Waals surface area contributed by atoms with Gasteiger partial charge in [0.05, 0.1) is 25.5 Å². The fourth-order valence-corrected chi connectivity index (χ4v) is 3.05. The van der Waals surface area contributed by atoms with E-state index in [2.05, 4.69) is 16.5 Å². The van der Waals surface area contributed by atoms with E-state index in [0.29, 0.717) is 28.6 Å². The number of nitrogens with zero attached hydrogens (tertiary/aromatic N) is 1. The number of carbonyl (C=O) groups excluding carboxylic acids is 1. The third-order valence-corrected chi connectivity index (χ3v) is 4.36. The average Bonchev–Trinajstić information content (AvgIpc) is 2.65. The van der Waals surface area contributed by atoms with Gasteiger partial charge in [-0.3, -0.25) is 4.79 Å². The van der Waals surface area contributed by atoms with E-state index < -0.39 is 0 Å². The van der Waals surface area contributed by atoms with Gasteiger partial charge >= 0.3 is 0 Å². The first-order valence-electron chi connectivity index (χ1n) is 8.65. The summed E-state index contributed by atoms with van der Waals surface area (Å²) in [5.41, 5.74) is 2.11. The van der Waals surface area contributed by atoms with E-state index in [9.17, 15) is 4.79 Å². The number of oxime groups is 1. The Morgan fingerprint density at radius 1 is 1.31 bits per heavy atom. The highest BCUT2D eigenvalue weighted by Crippen LogP contribution is 2.35. The summed E-state index contributed by atoms with van der Waals surface area (Å²) in [7, 11) is 3.04. The van der Waals surface area contributed by atoms with Crippen LogP contribution in [0.4, 0.5) is 0 Å². The molecule has 0 spiro atoms. The Morgan fingerprint density at radius 2 is 2.15 bits per heavy atom. The molecule has 26 heavy (non-hydrogen) atoms. The summed E-state index contributed by atoms with van der Waals surface area (Å²) < 4.78 is 10.4. The van der Waals surface area contributed by atoms with Gasteiger partial charge < -0.3 is 19.6 Å². The summed E-state index contributed by atoms with van der Waals surface area (Å²) in [6.45, 7) is 0.500. The van der Waals surface area contributed by atoms with E-state index in [0.717, 1.165) is 19.3 Å². The summed E-state index contributed by atoms with van der Waals surface area (Å²) in [6.07, 6.45) is 9.47.